The normalized spacial score (nSPS) is 23.6. The number of anilines is 2. The molecule has 106 valence electrons. The third-order valence-electron chi connectivity index (χ3n) is 3.86. The first kappa shape index (κ1) is 14.1. The minimum Gasteiger partial charge on any atom is -0.399 e. The Bertz CT molecular complexity index is 448. The van der Waals surface area contributed by atoms with Crippen molar-refractivity contribution in [1.29, 1.82) is 0 Å². The topological polar surface area (TPSA) is 32.5 Å². The maximum absolute atomic E-state index is 13.1. The van der Waals surface area contributed by atoms with Crippen LogP contribution in [0.1, 0.15) is 18.9 Å². The molecule has 1 heterocycles. The van der Waals surface area contributed by atoms with Crippen LogP contribution in [0.5, 0.6) is 0 Å². The summed E-state index contributed by atoms with van der Waals surface area (Å²) in [6.45, 7) is 3.73. The van der Waals surface area contributed by atoms with Gasteiger partial charge in [0.05, 0.1) is 0 Å². The van der Waals surface area contributed by atoms with Gasteiger partial charge >= 0.3 is 0 Å². The summed E-state index contributed by atoms with van der Waals surface area (Å²) in [5.41, 5.74) is 6.64. The lowest BCUT2D eigenvalue weighted by atomic mass is 10.1. The molecule has 19 heavy (non-hydrogen) atoms. The van der Waals surface area contributed by atoms with Gasteiger partial charge in [0.25, 0.3) is 6.43 Å². The third kappa shape index (κ3) is 2.81. The lowest BCUT2D eigenvalue weighted by Gasteiger charge is -2.24. The van der Waals surface area contributed by atoms with Gasteiger partial charge in [0.1, 0.15) is 0 Å². The largest absolute Gasteiger partial charge is 0.399 e. The van der Waals surface area contributed by atoms with Crippen molar-refractivity contribution in [2.45, 2.75) is 19.4 Å². The zero-order valence-electron chi connectivity index (χ0n) is 11.6. The van der Waals surface area contributed by atoms with Crippen molar-refractivity contribution < 1.29 is 8.78 Å². The van der Waals surface area contributed by atoms with Crippen molar-refractivity contribution in [2.24, 2.45) is 5.92 Å². The summed E-state index contributed by atoms with van der Waals surface area (Å²) in [4.78, 5) is 4.19. The van der Waals surface area contributed by atoms with Crippen LogP contribution in [-0.4, -0.2) is 38.1 Å². The van der Waals surface area contributed by atoms with Crippen molar-refractivity contribution >= 4 is 11.4 Å². The molecule has 0 aromatic heterocycles. The van der Waals surface area contributed by atoms with Crippen molar-refractivity contribution in [2.75, 3.05) is 37.8 Å². The molecule has 2 rings (SSSR count). The zero-order chi connectivity index (χ0) is 14.2. The van der Waals surface area contributed by atoms with Gasteiger partial charge in [-0.1, -0.05) is 6.92 Å². The van der Waals surface area contributed by atoms with E-state index in [1.165, 1.54) is 6.07 Å². The Balaban J connectivity index is 2.28. The molecule has 0 saturated carbocycles. The highest BCUT2D eigenvalue weighted by atomic mass is 19.3. The van der Waals surface area contributed by atoms with E-state index in [1.807, 2.05) is 19.0 Å². The SMILES string of the molecule is CC1CN(c2ccc(N)cc2C(F)F)CC1N(C)C. The number of halogens is 2. The molecule has 2 atom stereocenters. The molecular formula is C14H21F2N3. The maximum atomic E-state index is 13.1. The average Bonchev–Trinajstić information content (AvgIpc) is 2.71. The first-order chi connectivity index (χ1) is 8.90. The molecule has 1 aliphatic rings. The Morgan fingerprint density at radius 3 is 2.53 bits per heavy atom. The van der Waals surface area contributed by atoms with Gasteiger partial charge in [-0.15, -0.1) is 0 Å². The summed E-state index contributed by atoms with van der Waals surface area (Å²) in [6.07, 6.45) is -2.49. The molecule has 1 aromatic rings. The van der Waals surface area contributed by atoms with Gasteiger partial charge in [-0.2, -0.15) is 0 Å². The molecule has 0 bridgehead atoms. The van der Waals surface area contributed by atoms with Crippen LogP contribution >= 0.6 is 0 Å². The summed E-state index contributed by atoms with van der Waals surface area (Å²) < 4.78 is 26.2. The van der Waals surface area contributed by atoms with Crippen LogP contribution in [0, 0.1) is 5.92 Å². The molecule has 1 fully saturated rings. The van der Waals surface area contributed by atoms with Crippen molar-refractivity contribution in [3.05, 3.63) is 23.8 Å². The molecule has 2 N–H and O–H groups in total. The van der Waals surface area contributed by atoms with Crippen LogP contribution in [0.3, 0.4) is 0 Å². The van der Waals surface area contributed by atoms with Gasteiger partial charge in [0, 0.05) is 36.1 Å². The summed E-state index contributed by atoms with van der Waals surface area (Å²) in [6, 6.07) is 5.17. The van der Waals surface area contributed by atoms with E-state index in [4.69, 9.17) is 5.73 Å². The van der Waals surface area contributed by atoms with Crippen molar-refractivity contribution in [1.82, 2.24) is 4.90 Å². The molecule has 0 spiro atoms. The molecule has 0 aliphatic carbocycles. The fraction of sp³-hybridized carbons (Fsp3) is 0.571. The lowest BCUT2D eigenvalue weighted by Crippen LogP contribution is -2.34. The maximum Gasteiger partial charge on any atom is 0.265 e. The van der Waals surface area contributed by atoms with Gasteiger partial charge in [-0.3, -0.25) is 0 Å². The van der Waals surface area contributed by atoms with E-state index in [9.17, 15) is 8.78 Å². The number of hydrogen-bond acceptors (Lipinski definition) is 3. The molecule has 5 heteroatoms. The van der Waals surface area contributed by atoms with E-state index < -0.39 is 6.43 Å². The number of hydrogen-bond donors (Lipinski definition) is 1. The van der Waals surface area contributed by atoms with Gasteiger partial charge in [-0.05, 0) is 38.2 Å². The number of nitrogen functional groups attached to an aromatic ring is 1. The second-order valence-electron chi connectivity index (χ2n) is 5.53. The standard InChI is InChI=1S/C14H21F2N3/c1-9-7-19(8-13(9)18(2)3)12-5-4-10(17)6-11(12)14(15)16/h4-6,9,13-14H,7-8,17H2,1-3H3. The fourth-order valence-electron chi connectivity index (χ4n) is 2.85. The van der Waals surface area contributed by atoms with E-state index >= 15 is 0 Å². The van der Waals surface area contributed by atoms with Crippen LogP contribution in [0.25, 0.3) is 0 Å². The summed E-state index contributed by atoms with van der Waals surface area (Å²) in [5.74, 6) is 0.457. The van der Waals surface area contributed by atoms with Crippen LogP contribution in [0.2, 0.25) is 0 Å². The number of benzene rings is 1. The Kier molecular flexibility index (Phi) is 3.94. The first-order valence-corrected chi connectivity index (χ1v) is 6.49. The molecule has 0 amide bonds. The third-order valence-corrected chi connectivity index (χ3v) is 3.86. The van der Waals surface area contributed by atoms with Crippen LogP contribution < -0.4 is 10.6 Å². The summed E-state index contributed by atoms with van der Waals surface area (Å²) >= 11 is 0. The van der Waals surface area contributed by atoms with Gasteiger partial charge in [0.15, 0.2) is 0 Å². The average molecular weight is 269 g/mol. The Morgan fingerprint density at radius 1 is 1.32 bits per heavy atom. The van der Waals surface area contributed by atoms with E-state index in [0.717, 1.165) is 13.1 Å². The van der Waals surface area contributed by atoms with Crippen LogP contribution in [0.15, 0.2) is 18.2 Å². The summed E-state index contributed by atoms with van der Waals surface area (Å²) in [7, 11) is 4.06. The van der Waals surface area contributed by atoms with E-state index in [0.29, 0.717) is 23.3 Å². The first-order valence-electron chi connectivity index (χ1n) is 6.49. The van der Waals surface area contributed by atoms with Crippen molar-refractivity contribution in [3.8, 4) is 0 Å². The predicted molar refractivity (Wildman–Crippen MR) is 74.7 cm³/mol. The van der Waals surface area contributed by atoms with E-state index in [2.05, 4.69) is 11.8 Å². The number of nitrogens with zero attached hydrogens (tertiary/aromatic N) is 2. The highest BCUT2D eigenvalue weighted by Crippen LogP contribution is 2.35. The minimum absolute atomic E-state index is 0.0339. The number of alkyl halides is 2. The number of likely N-dealkylation sites (N-methyl/N-ethyl adjacent to an activating group) is 1. The smallest absolute Gasteiger partial charge is 0.265 e. The highest BCUT2D eigenvalue weighted by molar-refractivity contribution is 5.61. The molecular weight excluding hydrogens is 248 g/mol. The second-order valence-corrected chi connectivity index (χ2v) is 5.53. The summed E-state index contributed by atoms with van der Waals surface area (Å²) in [5, 5.41) is 0. The quantitative estimate of drug-likeness (QED) is 0.856. The highest BCUT2D eigenvalue weighted by Gasteiger charge is 2.32. The van der Waals surface area contributed by atoms with Gasteiger partial charge < -0.3 is 15.5 Å². The second kappa shape index (κ2) is 5.33. The molecule has 1 aliphatic heterocycles. The van der Waals surface area contributed by atoms with Gasteiger partial charge in [0.2, 0.25) is 0 Å². The molecule has 2 unspecified atom stereocenters. The number of rotatable bonds is 3. The van der Waals surface area contributed by atoms with E-state index in [1.54, 1.807) is 12.1 Å². The molecule has 3 nitrogen and oxygen atoms in total. The predicted octanol–water partition coefficient (Wildman–Crippen LogP) is 2.59. The lowest BCUT2D eigenvalue weighted by molar-refractivity contribution is 0.152. The molecule has 1 aromatic carbocycles. The monoisotopic (exact) mass is 269 g/mol. The number of nitrogens with two attached hydrogens (primary N) is 1. The zero-order valence-corrected chi connectivity index (χ0v) is 11.6. The van der Waals surface area contributed by atoms with Crippen LogP contribution in [-0.2, 0) is 0 Å². The van der Waals surface area contributed by atoms with E-state index in [-0.39, 0.29) is 5.56 Å². The fourth-order valence-corrected chi connectivity index (χ4v) is 2.85. The minimum atomic E-state index is -2.49. The van der Waals surface area contributed by atoms with Gasteiger partial charge in [-0.25, -0.2) is 8.78 Å². The molecule has 1 saturated heterocycles. The van der Waals surface area contributed by atoms with Crippen molar-refractivity contribution in [3.63, 3.8) is 0 Å². The molecule has 0 radical (unpaired) electrons. The van der Waals surface area contributed by atoms with Crippen LogP contribution in [0.4, 0.5) is 20.2 Å². The Labute approximate surface area is 113 Å². The Morgan fingerprint density at radius 2 is 2.00 bits per heavy atom. The Hall–Kier alpha value is -1.36.